The number of carbonyl (C=O) groups excluding carboxylic acids is 1. The van der Waals surface area contributed by atoms with Gasteiger partial charge < -0.3 is 10.3 Å². The Morgan fingerprint density at radius 3 is 2.50 bits per heavy atom. The van der Waals surface area contributed by atoms with E-state index in [9.17, 15) is 4.79 Å². The summed E-state index contributed by atoms with van der Waals surface area (Å²) >= 11 is 12.2. The first kappa shape index (κ1) is 18.5. The SMILES string of the molecule is O=C(N[C@@H](Cc1ccccc1)c1nc2ccccc2[nH]1)c1ccc(Cl)cc1Cl. The average molecular weight is 410 g/mol. The van der Waals surface area contributed by atoms with E-state index in [0.29, 0.717) is 27.9 Å². The second-order valence-corrected chi connectivity index (χ2v) is 7.32. The molecule has 28 heavy (non-hydrogen) atoms. The van der Waals surface area contributed by atoms with Gasteiger partial charge in [0.25, 0.3) is 5.91 Å². The van der Waals surface area contributed by atoms with E-state index in [1.54, 1.807) is 18.2 Å². The Hall–Kier alpha value is -2.82. The maximum absolute atomic E-state index is 12.9. The second kappa shape index (κ2) is 8.05. The zero-order valence-electron chi connectivity index (χ0n) is 14.8. The number of hydrogen-bond acceptors (Lipinski definition) is 2. The van der Waals surface area contributed by atoms with Gasteiger partial charge in [-0.05, 0) is 42.3 Å². The van der Waals surface area contributed by atoms with Crippen LogP contribution >= 0.6 is 23.2 Å². The number of aromatic nitrogens is 2. The monoisotopic (exact) mass is 409 g/mol. The number of para-hydroxylation sites is 2. The fraction of sp³-hybridized carbons (Fsp3) is 0.0909. The molecule has 4 aromatic rings. The highest BCUT2D eigenvalue weighted by Gasteiger charge is 2.21. The van der Waals surface area contributed by atoms with Crippen LogP contribution in [0.2, 0.25) is 10.0 Å². The van der Waals surface area contributed by atoms with Crippen LogP contribution in [0.25, 0.3) is 11.0 Å². The Kier molecular flexibility index (Phi) is 5.33. The molecule has 140 valence electrons. The van der Waals surface area contributed by atoms with E-state index >= 15 is 0 Å². The number of H-pyrrole nitrogens is 1. The highest BCUT2D eigenvalue weighted by molar-refractivity contribution is 6.36. The Morgan fingerprint density at radius 2 is 1.75 bits per heavy atom. The zero-order chi connectivity index (χ0) is 19.5. The van der Waals surface area contributed by atoms with E-state index in [1.807, 2.05) is 54.6 Å². The van der Waals surface area contributed by atoms with Crippen molar-refractivity contribution in [2.45, 2.75) is 12.5 Å². The Labute approximate surface area is 172 Å². The number of nitrogens with one attached hydrogen (secondary N) is 2. The highest BCUT2D eigenvalue weighted by Crippen LogP contribution is 2.24. The first-order valence-electron chi connectivity index (χ1n) is 8.84. The fourth-order valence-electron chi connectivity index (χ4n) is 3.11. The number of benzene rings is 3. The van der Waals surface area contributed by atoms with Gasteiger partial charge >= 0.3 is 0 Å². The molecule has 1 heterocycles. The summed E-state index contributed by atoms with van der Waals surface area (Å²) in [6.07, 6.45) is 0.595. The van der Waals surface area contributed by atoms with Crippen molar-refractivity contribution in [3.8, 4) is 0 Å². The summed E-state index contributed by atoms with van der Waals surface area (Å²) in [5.74, 6) is 0.423. The fourth-order valence-corrected chi connectivity index (χ4v) is 3.61. The molecule has 1 amide bonds. The molecule has 0 aliphatic heterocycles. The Bertz CT molecular complexity index is 1090. The van der Waals surface area contributed by atoms with Gasteiger partial charge in [0, 0.05) is 5.02 Å². The molecular formula is C22H17Cl2N3O. The lowest BCUT2D eigenvalue weighted by atomic mass is 10.0. The minimum atomic E-state index is -0.339. The van der Waals surface area contributed by atoms with E-state index in [4.69, 9.17) is 23.2 Å². The van der Waals surface area contributed by atoms with E-state index in [1.165, 1.54) is 0 Å². The van der Waals surface area contributed by atoms with Crippen molar-refractivity contribution < 1.29 is 4.79 Å². The molecule has 0 spiro atoms. The molecule has 0 saturated heterocycles. The van der Waals surface area contributed by atoms with Crippen LogP contribution in [0.15, 0.2) is 72.8 Å². The minimum Gasteiger partial charge on any atom is -0.342 e. The van der Waals surface area contributed by atoms with E-state index in [-0.39, 0.29) is 11.9 Å². The van der Waals surface area contributed by atoms with Crippen LogP contribution in [0.4, 0.5) is 0 Å². The first-order valence-corrected chi connectivity index (χ1v) is 9.60. The topological polar surface area (TPSA) is 57.8 Å². The van der Waals surface area contributed by atoms with Crippen LogP contribution in [-0.2, 0) is 6.42 Å². The van der Waals surface area contributed by atoms with Crippen molar-refractivity contribution >= 4 is 40.1 Å². The summed E-state index contributed by atoms with van der Waals surface area (Å²) in [7, 11) is 0. The molecule has 0 aliphatic carbocycles. The van der Waals surface area contributed by atoms with Crippen molar-refractivity contribution in [2.24, 2.45) is 0 Å². The third-order valence-electron chi connectivity index (χ3n) is 4.50. The molecule has 0 radical (unpaired) electrons. The number of rotatable bonds is 5. The number of aromatic amines is 1. The molecule has 1 aromatic heterocycles. The van der Waals surface area contributed by atoms with Crippen molar-refractivity contribution in [2.75, 3.05) is 0 Å². The van der Waals surface area contributed by atoms with Crippen molar-refractivity contribution in [3.63, 3.8) is 0 Å². The van der Waals surface area contributed by atoms with Crippen LogP contribution in [0.1, 0.15) is 27.8 Å². The molecule has 0 bridgehead atoms. The molecule has 4 rings (SSSR count). The van der Waals surface area contributed by atoms with Gasteiger partial charge in [-0.25, -0.2) is 4.98 Å². The summed E-state index contributed by atoms with van der Waals surface area (Å²) in [5.41, 5.74) is 3.25. The normalized spacial score (nSPS) is 12.1. The van der Waals surface area contributed by atoms with Gasteiger partial charge in [0.1, 0.15) is 5.82 Å². The van der Waals surface area contributed by atoms with Crippen molar-refractivity contribution in [1.82, 2.24) is 15.3 Å². The number of hydrogen-bond donors (Lipinski definition) is 2. The number of amides is 1. The number of carbonyl (C=O) groups is 1. The van der Waals surface area contributed by atoms with E-state index in [0.717, 1.165) is 16.6 Å². The maximum atomic E-state index is 12.9. The highest BCUT2D eigenvalue weighted by atomic mass is 35.5. The summed E-state index contributed by atoms with van der Waals surface area (Å²) in [5, 5.41) is 3.86. The smallest absolute Gasteiger partial charge is 0.253 e. The van der Waals surface area contributed by atoms with Gasteiger partial charge in [-0.1, -0.05) is 65.7 Å². The van der Waals surface area contributed by atoms with Crippen LogP contribution < -0.4 is 5.32 Å². The lowest BCUT2D eigenvalue weighted by Crippen LogP contribution is -2.31. The summed E-state index contributed by atoms with van der Waals surface area (Å²) in [6.45, 7) is 0. The van der Waals surface area contributed by atoms with Crippen LogP contribution in [0.5, 0.6) is 0 Å². The van der Waals surface area contributed by atoms with Gasteiger partial charge in [-0.3, -0.25) is 4.79 Å². The van der Waals surface area contributed by atoms with Crippen molar-refractivity contribution in [3.05, 3.63) is 99.8 Å². The molecule has 0 fully saturated rings. The van der Waals surface area contributed by atoms with Crippen LogP contribution in [0, 0.1) is 0 Å². The summed E-state index contributed by atoms with van der Waals surface area (Å²) in [4.78, 5) is 20.9. The van der Waals surface area contributed by atoms with E-state index in [2.05, 4.69) is 15.3 Å². The second-order valence-electron chi connectivity index (χ2n) is 6.48. The average Bonchev–Trinajstić information content (AvgIpc) is 3.12. The number of nitrogens with zero attached hydrogens (tertiary/aromatic N) is 1. The predicted molar refractivity (Wildman–Crippen MR) is 113 cm³/mol. The summed E-state index contributed by atoms with van der Waals surface area (Å²) < 4.78 is 0. The third-order valence-corrected chi connectivity index (χ3v) is 5.05. The number of halogens is 2. The van der Waals surface area contributed by atoms with Gasteiger partial charge in [-0.15, -0.1) is 0 Å². The van der Waals surface area contributed by atoms with Crippen molar-refractivity contribution in [1.29, 1.82) is 0 Å². The molecular weight excluding hydrogens is 393 g/mol. The lowest BCUT2D eigenvalue weighted by molar-refractivity contribution is 0.0935. The summed E-state index contributed by atoms with van der Waals surface area (Å²) in [6, 6.07) is 22.2. The van der Waals surface area contributed by atoms with E-state index < -0.39 is 0 Å². The molecule has 2 N–H and O–H groups in total. The lowest BCUT2D eigenvalue weighted by Gasteiger charge is -2.17. The molecule has 0 saturated carbocycles. The van der Waals surface area contributed by atoms with Gasteiger partial charge in [0.2, 0.25) is 0 Å². The molecule has 4 nitrogen and oxygen atoms in total. The molecule has 3 aromatic carbocycles. The largest absolute Gasteiger partial charge is 0.342 e. The Morgan fingerprint density at radius 1 is 1.00 bits per heavy atom. The van der Waals surface area contributed by atoms with Crippen LogP contribution in [0.3, 0.4) is 0 Å². The number of fused-ring (bicyclic) bond motifs is 1. The molecule has 0 unspecified atom stereocenters. The Balaban J connectivity index is 1.67. The first-order chi connectivity index (χ1) is 13.6. The zero-order valence-corrected chi connectivity index (χ0v) is 16.3. The molecule has 1 atom stereocenters. The van der Waals surface area contributed by atoms with Gasteiger partial charge in [0.05, 0.1) is 27.7 Å². The predicted octanol–water partition coefficient (Wildman–Crippen LogP) is 5.58. The van der Waals surface area contributed by atoms with Gasteiger partial charge in [0.15, 0.2) is 0 Å². The minimum absolute atomic E-state index is 0.275. The third kappa shape index (κ3) is 4.03. The molecule has 6 heteroatoms. The number of imidazole rings is 1. The quantitative estimate of drug-likeness (QED) is 0.451. The van der Waals surface area contributed by atoms with Crippen LogP contribution in [-0.4, -0.2) is 15.9 Å². The molecule has 0 aliphatic rings. The standard InChI is InChI=1S/C22H17Cl2N3O/c23-15-10-11-16(17(24)13-15)22(28)27-20(12-14-6-2-1-3-7-14)21-25-18-8-4-5-9-19(18)26-21/h1-11,13,20H,12H2,(H,25,26)(H,27,28)/t20-/m0/s1. The maximum Gasteiger partial charge on any atom is 0.253 e. The van der Waals surface area contributed by atoms with Gasteiger partial charge in [-0.2, -0.15) is 0 Å².